The van der Waals surface area contributed by atoms with Crippen molar-refractivity contribution in [3.63, 3.8) is 0 Å². The van der Waals surface area contributed by atoms with Gasteiger partial charge in [0.25, 0.3) is 0 Å². The fraction of sp³-hybridized carbons (Fsp3) is 0.464. The van der Waals surface area contributed by atoms with E-state index >= 15 is 0 Å². The number of nitrogens with one attached hydrogen (secondary N) is 1. The van der Waals surface area contributed by atoms with Crippen molar-refractivity contribution in [3.05, 3.63) is 59.7 Å². The maximum absolute atomic E-state index is 12.8. The Bertz CT molecular complexity index is 1040. The van der Waals surface area contributed by atoms with Gasteiger partial charge in [-0.1, -0.05) is 62.4 Å². The summed E-state index contributed by atoms with van der Waals surface area (Å²) in [6, 6.07) is 16.4. The summed E-state index contributed by atoms with van der Waals surface area (Å²) in [7, 11) is 0. The number of carbonyl (C=O) groups is 3. The molecule has 1 fully saturated rings. The lowest BCUT2D eigenvalue weighted by atomic mass is 9.76. The van der Waals surface area contributed by atoms with E-state index in [1.54, 1.807) is 4.90 Å². The van der Waals surface area contributed by atoms with Gasteiger partial charge in [-0.2, -0.15) is 0 Å². The second-order valence-corrected chi connectivity index (χ2v) is 9.71. The van der Waals surface area contributed by atoms with Crippen molar-refractivity contribution in [1.82, 2.24) is 10.2 Å². The van der Waals surface area contributed by atoms with Crippen molar-refractivity contribution in [2.75, 3.05) is 26.2 Å². The summed E-state index contributed by atoms with van der Waals surface area (Å²) >= 11 is 0. The molecule has 186 valence electrons. The van der Waals surface area contributed by atoms with Crippen molar-refractivity contribution < 1.29 is 24.2 Å². The highest BCUT2D eigenvalue weighted by molar-refractivity contribution is 5.80. The molecule has 2 aromatic carbocycles. The number of nitrogens with zero attached hydrogens (tertiary/aromatic N) is 1. The fourth-order valence-corrected chi connectivity index (χ4v) is 5.35. The normalized spacial score (nSPS) is 17.3. The van der Waals surface area contributed by atoms with Crippen molar-refractivity contribution >= 4 is 18.0 Å². The van der Waals surface area contributed by atoms with E-state index in [2.05, 4.69) is 29.6 Å². The minimum Gasteiger partial charge on any atom is -0.481 e. The third-order valence-electron chi connectivity index (χ3n) is 7.77. The van der Waals surface area contributed by atoms with E-state index < -0.39 is 17.5 Å². The number of piperidine rings is 1. The summed E-state index contributed by atoms with van der Waals surface area (Å²) in [4.78, 5) is 38.6. The summed E-state index contributed by atoms with van der Waals surface area (Å²) < 4.78 is 5.55. The first-order valence-electron chi connectivity index (χ1n) is 12.5. The highest BCUT2D eigenvalue weighted by atomic mass is 16.5. The van der Waals surface area contributed by atoms with Gasteiger partial charge < -0.3 is 20.1 Å². The van der Waals surface area contributed by atoms with Crippen LogP contribution in [0.3, 0.4) is 0 Å². The Morgan fingerprint density at radius 3 is 2.17 bits per heavy atom. The molecule has 0 radical (unpaired) electrons. The van der Waals surface area contributed by atoms with E-state index in [4.69, 9.17) is 4.74 Å². The molecular formula is C28H34N2O5. The molecular weight excluding hydrogens is 444 g/mol. The van der Waals surface area contributed by atoms with Gasteiger partial charge in [0.05, 0.1) is 5.41 Å². The smallest absolute Gasteiger partial charge is 0.407 e. The molecule has 1 saturated heterocycles. The van der Waals surface area contributed by atoms with Gasteiger partial charge in [-0.15, -0.1) is 0 Å². The zero-order chi connectivity index (χ0) is 25.0. The monoisotopic (exact) mass is 478 g/mol. The largest absolute Gasteiger partial charge is 0.481 e. The van der Waals surface area contributed by atoms with Gasteiger partial charge in [0.15, 0.2) is 0 Å². The Morgan fingerprint density at radius 1 is 1.06 bits per heavy atom. The number of aliphatic carboxylic acids is 1. The number of alkyl carbamates (subject to hydrolysis) is 1. The van der Waals surface area contributed by atoms with Crippen LogP contribution in [0.2, 0.25) is 0 Å². The van der Waals surface area contributed by atoms with Crippen molar-refractivity contribution in [2.45, 2.75) is 45.4 Å². The van der Waals surface area contributed by atoms with Crippen molar-refractivity contribution in [3.8, 4) is 11.1 Å². The van der Waals surface area contributed by atoms with Crippen LogP contribution in [0, 0.1) is 11.3 Å². The van der Waals surface area contributed by atoms with Crippen LogP contribution in [0.15, 0.2) is 48.5 Å². The van der Waals surface area contributed by atoms with Crippen LogP contribution in [0.4, 0.5) is 4.79 Å². The Balaban J connectivity index is 1.22. The van der Waals surface area contributed by atoms with Crippen LogP contribution in [0.5, 0.6) is 0 Å². The van der Waals surface area contributed by atoms with E-state index in [9.17, 15) is 19.5 Å². The number of carbonyl (C=O) groups excluding carboxylic acids is 2. The van der Waals surface area contributed by atoms with E-state index in [1.807, 2.05) is 38.1 Å². The molecule has 1 unspecified atom stereocenters. The van der Waals surface area contributed by atoms with Gasteiger partial charge in [-0.3, -0.25) is 9.59 Å². The predicted molar refractivity (Wildman–Crippen MR) is 133 cm³/mol. The Kier molecular flexibility index (Phi) is 7.43. The van der Waals surface area contributed by atoms with Crippen LogP contribution in [0.1, 0.15) is 56.6 Å². The van der Waals surface area contributed by atoms with E-state index in [-0.39, 0.29) is 24.3 Å². The Morgan fingerprint density at radius 2 is 1.63 bits per heavy atom. The van der Waals surface area contributed by atoms with Crippen LogP contribution in [-0.4, -0.2) is 54.2 Å². The SMILES string of the molecule is CCC1(C(=O)O)CCN(C(=O)C(C)CCNC(=O)OCC2c3ccccc3-c3ccccc32)CC1. The topological polar surface area (TPSA) is 95.9 Å². The molecule has 2 aromatic rings. The number of ether oxygens (including phenoxy) is 1. The first kappa shape index (κ1) is 24.8. The number of hydrogen-bond acceptors (Lipinski definition) is 4. The van der Waals surface area contributed by atoms with Gasteiger partial charge in [0.1, 0.15) is 6.61 Å². The number of amides is 2. The second-order valence-electron chi connectivity index (χ2n) is 9.71. The maximum Gasteiger partial charge on any atom is 0.407 e. The van der Waals surface area contributed by atoms with E-state index in [1.165, 1.54) is 11.1 Å². The lowest BCUT2D eigenvalue weighted by Gasteiger charge is -2.39. The molecule has 0 aromatic heterocycles. The molecule has 1 heterocycles. The predicted octanol–water partition coefficient (Wildman–Crippen LogP) is 4.65. The third-order valence-corrected chi connectivity index (χ3v) is 7.77. The molecule has 2 aliphatic rings. The molecule has 0 spiro atoms. The van der Waals surface area contributed by atoms with Crippen molar-refractivity contribution in [2.24, 2.45) is 11.3 Å². The molecule has 7 heteroatoms. The highest BCUT2D eigenvalue weighted by Crippen LogP contribution is 2.44. The number of carboxylic acids is 1. The molecule has 4 rings (SSSR count). The first-order valence-corrected chi connectivity index (χ1v) is 12.5. The van der Waals surface area contributed by atoms with Gasteiger partial charge in [0, 0.05) is 31.5 Å². The van der Waals surface area contributed by atoms with Crippen LogP contribution < -0.4 is 5.32 Å². The van der Waals surface area contributed by atoms with E-state index in [0.29, 0.717) is 45.3 Å². The molecule has 0 saturated carbocycles. The number of fused-ring (bicyclic) bond motifs is 3. The zero-order valence-electron chi connectivity index (χ0n) is 20.5. The molecule has 7 nitrogen and oxygen atoms in total. The molecule has 1 atom stereocenters. The molecule has 35 heavy (non-hydrogen) atoms. The molecule has 2 amide bonds. The minimum atomic E-state index is -0.771. The van der Waals surface area contributed by atoms with Crippen LogP contribution >= 0.6 is 0 Å². The Hall–Kier alpha value is -3.35. The molecule has 0 bridgehead atoms. The number of carboxylic acid groups (broad SMARTS) is 1. The number of rotatable bonds is 8. The molecule has 1 aliphatic carbocycles. The average Bonchev–Trinajstić information content (AvgIpc) is 3.20. The fourth-order valence-electron chi connectivity index (χ4n) is 5.35. The summed E-state index contributed by atoms with van der Waals surface area (Å²) in [5.41, 5.74) is 3.98. The van der Waals surface area contributed by atoms with Crippen LogP contribution in [-0.2, 0) is 14.3 Å². The standard InChI is InChI=1S/C28H34N2O5/c1-3-28(26(32)33)13-16-30(17-14-28)25(31)19(2)12-15-29-27(34)35-18-24-22-10-6-4-8-20(22)21-9-5-7-11-23(21)24/h4-11,19,24H,3,12-18H2,1-2H3,(H,29,34)(H,32,33). The maximum atomic E-state index is 12.8. The second kappa shape index (κ2) is 10.5. The summed E-state index contributed by atoms with van der Waals surface area (Å²) in [5.74, 6) is -1.02. The zero-order valence-corrected chi connectivity index (χ0v) is 20.5. The summed E-state index contributed by atoms with van der Waals surface area (Å²) in [5, 5.41) is 12.3. The lowest BCUT2D eigenvalue weighted by molar-refractivity contribution is -0.155. The Labute approximate surface area is 206 Å². The van der Waals surface area contributed by atoms with Gasteiger partial charge >= 0.3 is 12.1 Å². The number of likely N-dealkylation sites (tertiary alicyclic amines) is 1. The van der Waals surface area contributed by atoms with Gasteiger partial charge in [-0.25, -0.2) is 4.79 Å². The number of hydrogen-bond donors (Lipinski definition) is 2. The molecule has 2 N–H and O–H groups in total. The average molecular weight is 479 g/mol. The highest BCUT2D eigenvalue weighted by Gasteiger charge is 2.41. The third kappa shape index (κ3) is 5.04. The van der Waals surface area contributed by atoms with E-state index in [0.717, 1.165) is 11.1 Å². The first-order chi connectivity index (χ1) is 16.9. The summed E-state index contributed by atoms with van der Waals surface area (Å²) in [6.07, 6.45) is 1.55. The lowest BCUT2D eigenvalue weighted by Crippen LogP contribution is -2.48. The van der Waals surface area contributed by atoms with Gasteiger partial charge in [-0.05, 0) is 47.9 Å². The van der Waals surface area contributed by atoms with Crippen LogP contribution in [0.25, 0.3) is 11.1 Å². The quantitative estimate of drug-likeness (QED) is 0.576. The van der Waals surface area contributed by atoms with Crippen molar-refractivity contribution in [1.29, 1.82) is 0 Å². The minimum absolute atomic E-state index is 0.00814. The number of benzene rings is 2. The summed E-state index contributed by atoms with van der Waals surface area (Å²) in [6.45, 7) is 5.26. The van der Waals surface area contributed by atoms with Gasteiger partial charge in [0.2, 0.25) is 5.91 Å². The molecule has 1 aliphatic heterocycles.